The Balaban J connectivity index is 1.54. The van der Waals surface area contributed by atoms with E-state index in [-0.39, 0.29) is 30.1 Å². The average Bonchev–Trinajstić information content (AvgIpc) is 3.20. The second-order valence-corrected chi connectivity index (χ2v) is 7.94. The first-order chi connectivity index (χ1) is 15.5. The van der Waals surface area contributed by atoms with Gasteiger partial charge in [-0.05, 0) is 35.6 Å². The van der Waals surface area contributed by atoms with Crippen molar-refractivity contribution in [3.8, 4) is 11.1 Å². The van der Waals surface area contributed by atoms with E-state index in [9.17, 15) is 14.4 Å². The maximum absolute atomic E-state index is 13.2. The first-order valence-corrected chi connectivity index (χ1v) is 10.8. The highest BCUT2D eigenvalue weighted by molar-refractivity contribution is 5.91. The number of amides is 2. The zero-order valence-electron chi connectivity index (χ0n) is 18.0. The van der Waals surface area contributed by atoms with Crippen molar-refractivity contribution in [3.05, 3.63) is 70.7 Å². The molecule has 1 aliphatic rings. The number of benzene rings is 1. The quantitative estimate of drug-likeness (QED) is 0.613. The van der Waals surface area contributed by atoms with E-state index in [2.05, 4.69) is 20.2 Å². The summed E-state index contributed by atoms with van der Waals surface area (Å²) in [5, 5.41) is 5.98. The number of hydrogen-bond acceptors (Lipinski definition) is 5. The number of carbonyl (C=O) groups excluding carboxylic acids is 2. The molecule has 9 nitrogen and oxygen atoms in total. The van der Waals surface area contributed by atoms with Crippen LogP contribution in [0, 0.1) is 5.92 Å². The number of aromatic nitrogens is 4. The lowest BCUT2D eigenvalue weighted by molar-refractivity contribution is -0.134. The molecule has 32 heavy (non-hydrogen) atoms. The van der Waals surface area contributed by atoms with E-state index in [1.165, 1.54) is 0 Å². The van der Waals surface area contributed by atoms with Gasteiger partial charge in [-0.1, -0.05) is 37.3 Å². The Hall–Kier alpha value is -3.75. The topological polar surface area (TPSA) is 115 Å². The number of carbonyl (C=O) groups is 2. The molecule has 0 radical (unpaired) electrons. The van der Waals surface area contributed by atoms with Crippen molar-refractivity contribution in [2.75, 3.05) is 26.2 Å². The first kappa shape index (κ1) is 21.5. The highest BCUT2D eigenvalue weighted by atomic mass is 16.2. The Kier molecular flexibility index (Phi) is 6.44. The van der Waals surface area contributed by atoms with E-state index in [0.29, 0.717) is 26.1 Å². The monoisotopic (exact) mass is 434 g/mol. The van der Waals surface area contributed by atoms with Gasteiger partial charge in [0.25, 0.3) is 5.91 Å². The molecule has 0 bridgehead atoms. The highest BCUT2D eigenvalue weighted by Gasteiger charge is 2.33. The highest BCUT2D eigenvalue weighted by Crippen LogP contribution is 2.22. The van der Waals surface area contributed by atoms with E-state index < -0.39 is 5.69 Å². The van der Waals surface area contributed by atoms with Crippen molar-refractivity contribution in [2.24, 2.45) is 5.92 Å². The molecule has 0 aliphatic carbocycles. The van der Waals surface area contributed by atoms with Crippen LogP contribution < -0.4 is 5.69 Å². The number of nitrogens with zero attached hydrogens (tertiary/aromatic N) is 4. The summed E-state index contributed by atoms with van der Waals surface area (Å²) in [7, 11) is 0. The molecule has 1 saturated heterocycles. The molecule has 2 amide bonds. The molecule has 2 N–H and O–H groups in total. The van der Waals surface area contributed by atoms with E-state index in [0.717, 1.165) is 23.1 Å². The molecule has 2 aromatic heterocycles. The van der Waals surface area contributed by atoms with Crippen molar-refractivity contribution in [1.82, 2.24) is 30.0 Å². The molecule has 0 spiro atoms. The Morgan fingerprint density at radius 2 is 1.94 bits per heavy atom. The third-order valence-electron chi connectivity index (χ3n) is 5.66. The number of aromatic amines is 2. The standard InChI is InChI=1S/C23H26N6O3/c1-2-10-28-11-12-29(22(31)20-25-23(32)27-26-20)15-19(21(28)30)13-16-5-7-17(8-6-16)18-4-3-9-24-14-18/h3-9,14,19H,2,10-13,15H2,1H3,(H2,25,26,27,32). The van der Waals surface area contributed by atoms with Gasteiger partial charge >= 0.3 is 5.69 Å². The molecule has 9 heteroatoms. The van der Waals surface area contributed by atoms with Crippen LogP contribution in [0.25, 0.3) is 11.1 Å². The zero-order valence-corrected chi connectivity index (χ0v) is 18.0. The van der Waals surface area contributed by atoms with E-state index in [1.54, 1.807) is 11.1 Å². The van der Waals surface area contributed by atoms with Gasteiger partial charge in [-0.2, -0.15) is 0 Å². The van der Waals surface area contributed by atoms with Gasteiger partial charge in [0.1, 0.15) is 0 Å². The SMILES string of the molecule is CCCN1CCN(C(=O)c2n[nH]c(=O)[nH]2)CC(Cc2ccc(-c3cccnc3)cc2)C1=O. The summed E-state index contributed by atoms with van der Waals surface area (Å²) in [5.41, 5.74) is 2.58. The molecule has 1 fully saturated rings. The number of pyridine rings is 1. The lowest BCUT2D eigenvalue weighted by Crippen LogP contribution is -2.38. The van der Waals surface area contributed by atoms with Crippen molar-refractivity contribution in [1.29, 1.82) is 0 Å². The van der Waals surface area contributed by atoms with Crippen molar-refractivity contribution in [2.45, 2.75) is 19.8 Å². The second-order valence-electron chi connectivity index (χ2n) is 7.94. The van der Waals surface area contributed by atoms with Gasteiger partial charge in [0, 0.05) is 38.6 Å². The molecule has 1 unspecified atom stereocenters. The Morgan fingerprint density at radius 3 is 2.59 bits per heavy atom. The lowest BCUT2D eigenvalue weighted by atomic mass is 9.96. The van der Waals surface area contributed by atoms with E-state index >= 15 is 0 Å². The zero-order chi connectivity index (χ0) is 22.5. The molecular weight excluding hydrogens is 408 g/mol. The predicted molar refractivity (Wildman–Crippen MR) is 119 cm³/mol. The molecule has 3 aromatic rings. The number of nitrogens with one attached hydrogen (secondary N) is 2. The smallest absolute Gasteiger partial charge is 0.341 e. The minimum absolute atomic E-state index is 0.0361. The maximum atomic E-state index is 13.2. The predicted octanol–water partition coefficient (Wildman–Crippen LogP) is 1.71. The number of H-pyrrole nitrogens is 2. The molecule has 0 saturated carbocycles. The van der Waals surface area contributed by atoms with Crippen LogP contribution in [-0.2, 0) is 11.2 Å². The summed E-state index contributed by atoms with van der Waals surface area (Å²) >= 11 is 0. The van der Waals surface area contributed by atoms with Crippen LogP contribution in [0.5, 0.6) is 0 Å². The Bertz CT molecular complexity index is 1120. The van der Waals surface area contributed by atoms with Crippen LogP contribution in [0.3, 0.4) is 0 Å². The largest absolute Gasteiger partial charge is 0.341 e. The van der Waals surface area contributed by atoms with Crippen LogP contribution in [0.4, 0.5) is 0 Å². The fourth-order valence-corrected chi connectivity index (χ4v) is 4.05. The van der Waals surface area contributed by atoms with E-state index in [4.69, 9.17) is 0 Å². The van der Waals surface area contributed by atoms with Gasteiger partial charge in [-0.25, -0.2) is 9.89 Å². The fraction of sp³-hybridized carbons (Fsp3) is 0.348. The van der Waals surface area contributed by atoms with Crippen molar-refractivity contribution >= 4 is 11.8 Å². The van der Waals surface area contributed by atoms with Gasteiger partial charge < -0.3 is 9.80 Å². The molecule has 1 atom stereocenters. The third-order valence-corrected chi connectivity index (χ3v) is 5.66. The van der Waals surface area contributed by atoms with Gasteiger partial charge in [-0.3, -0.25) is 19.6 Å². The molecule has 3 heterocycles. The molecular formula is C23H26N6O3. The average molecular weight is 435 g/mol. The van der Waals surface area contributed by atoms with Crippen molar-refractivity contribution < 1.29 is 9.59 Å². The summed E-state index contributed by atoms with van der Waals surface area (Å²) in [6.45, 7) is 3.81. The van der Waals surface area contributed by atoms with Crippen LogP contribution in [0.2, 0.25) is 0 Å². The Labute approximate surface area is 185 Å². The third kappa shape index (κ3) is 4.77. The molecule has 4 rings (SSSR count). The summed E-state index contributed by atoms with van der Waals surface area (Å²) in [6.07, 6.45) is 4.92. The normalized spacial score (nSPS) is 16.8. The van der Waals surface area contributed by atoms with E-state index in [1.807, 2.05) is 54.4 Å². The van der Waals surface area contributed by atoms with Crippen LogP contribution >= 0.6 is 0 Å². The molecule has 1 aliphatic heterocycles. The van der Waals surface area contributed by atoms with Crippen LogP contribution in [0.1, 0.15) is 29.5 Å². The Morgan fingerprint density at radius 1 is 1.12 bits per heavy atom. The van der Waals surface area contributed by atoms with Gasteiger partial charge in [0.2, 0.25) is 11.7 Å². The van der Waals surface area contributed by atoms with Crippen LogP contribution in [-0.4, -0.2) is 68.0 Å². The summed E-state index contributed by atoms with van der Waals surface area (Å²) in [6, 6.07) is 12.0. The summed E-state index contributed by atoms with van der Waals surface area (Å²) in [4.78, 5) is 47.5. The fourth-order valence-electron chi connectivity index (χ4n) is 4.05. The van der Waals surface area contributed by atoms with Gasteiger partial charge in [-0.15, -0.1) is 5.10 Å². The first-order valence-electron chi connectivity index (χ1n) is 10.8. The lowest BCUT2D eigenvalue weighted by Gasteiger charge is -2.23. The molecule has 1 aromatic carbocycles. The van der Waals surface area contributed by atoms with Crippen LogP contribution in [0.15, 0.2) is 53.6 Å². The number of hydrogen-bond donors (Lipinski definition) is 2. The summed E-state index contributed by atoms with van der Waals surface area (Å²) < 4.78 is 0. The van der Waals surface area contributed by atoms with Gasteiger partial charge in [0.05, 0.1) is 5.92 Å². The number of rotatable bonds is 6. The molecule has 166 valence electrons. The minimum Gasteiger partial charge on any atom is -0.341 e. The summed E-state index contributed by atoms with van der Waals surface area (Å²) in [5.74, 6) is -0.741. The minimum atomic E-state index is -0.530. The van der Waals surface area contributed by atoms with Gasteiger partial charge in [0.15, 0.2) is 0 Å². The van der Waals surface area contributed by atoms with Crippen molar-refractivity contribution in [3.63, 3.8) is 0 Å². The maximum Gasteiger partial charge on any atom is 0.341 e. The second kappa shape index (κ2) is 9.59.